The Morgan fingerprint density at radius 1 is 1.52 bits per heavy atom. The van der Waals surface area contributed by atoms with Crippen molar-refractivity contribution in [1.82, 2.24) is 10.3 Å². The summed E-state index contributed by atoms with van der Waals surface area (Å²) in [7, 11) is 0. The summed E-state index contributed by atoms with van der Waals surface area (Å²) in [6.07, 6.45) is 5.38. The molecule has 108 valence electrons. The monoisotopic (exact) mass is 283 g/mol. The summed E-state index contributed by atoms with van der Waals surface area (Å²) >= 11 is 0. The van der Waals surface area contributed by atoms with Gasteiger partial charge in [0.05, 0.1) is 18.4 Å². The van der Waals surface area contributed by atoms with Gasteiger partial charge < -0.3 is 15.5 Å². The first-order valence-corrected chi connectivity index (χ1v) is 6.66. The predicted molar refractivity (Wildman–Crippen MR) is 79.5 cm³/mol. The molecule has 0 aromatic carbocycles. The molecule has 2 heterocycles. The Morgan fingerprint density at radius 3 is 3.10 bits per heavy atom. The lowest BCUT2D eigenvalue weighted by Crippen LogP contribution is -2.34. The highest BCUT2D eigenvalue weighted by atomic mass is 16.3. The number of nitrogens with one attached hydrogen (secondary N) is 1. The molecule has 0 aliphatic rings. The molecule has 0 aliphatic heterocycles. The van der Waals surface area contributed by atoms with Crippen molar-refractivity contribution in [2.45, 2.75) is 19.4 Å². The maximum atomic E-state index is 12.2. The molecule has 0 radical (unpaired) electrons. The van der Waals surface area contributed by atoms with Gasteiger partial charge in [-0.2, -0.15) is 0 Å². The Bertz CT molecular complexity index is 654. The Balaban J connectivity index is 1.99. The summed E-state index contributed by atoms with van der Waals surface area (Å²) in [5.74, 6) is 6.25. The highest BCUT2D eigenvalue weighted by molar-refractivity contribution is 5.94. The van der Waals surface area contributed by atoms with Gasteiger partial charge in [-0.3, -0.25) is 9.78 Å². The molecule has 1 amide bonds. The van der Waals surface area contributed by atoms with Crippen LogP contribution in [0.5, 0.6) is 0 Å². The molecule has 0 saturated heterocycles. The molecule has 0 spiro atoms. The van der Waals surface area contributed by atoms with E-state index in [2.05, 4.69) is 22.1 Å². The van der Waals surface area contributed by atoms with Crippen molar-refractivity contribution in [1.29, 1.82) is 0 Å². The molecular weight excluding hydrogens is 266 g/mol. The fraction of sp³-hybridized carbons (Fsp3) is 0.250. The van der Waals surface area contributed by atoms with Crippen LogP contribution in [-0.2, 0) is 6.42 Å². The fourth-order valence-electron chi connectivity index (χ4n) is 1.87. The molecule has 2 rings (SSSR count). The second-order valence-corrected chi connectivity index (χ2v) is 4.63. The van der Waals surface area contributed by atoms with E-state index < -0.39 is 0 Å². The average Bonchev–Trinajstić information content (AvgIpc) is 2.98. The van der Waals surface area contributed by atoms with Gasteiger partial charge in [0, 0.05) is 30.4 Å². The number of hydrogen-bond donors (Lipinski definition) is 2. The van der Waals surface area contributed by atoms with Gasteiger partial charge in [0.25, 0.3) is 5.91 Å². The molecule has 2 aromatic heterocycles. The van der Waals surface area contributed by atoms with Crippen LogP contribution in [0.3, 0.4) is 0 Å². The van der Waals surface area contributed by atoms with Gasteiger partial charge >= 0.3 is 0 Å². The zero-order valence-electron chi connectivity index (χ0n) is 11.8. The first-order chi connectivity index (χ1) is 10.2. The fourth-order valence-corrected chi connectivity index (χ4v) is 1.87. The van der Waals surface area contributed by atoms with Crippen molar-refractivity contribution in [3.8, 4) is 11.8 Å². The lowest BCUT2D eigenvalue weighted by atomic mass is 10.1. The highest BCUT2D eigenvalue weighted by Crippen LogP contribution is 2.06. The standard InChI is InChI=1S/C16H17N3O2/c1-12(8-15-5-3-7-21-15)19-16(20)14-9-13(4-2-6-17)10-18-11-14/h3,5,7,9-12H,6,8,17H2,1H3,(H,19,20). The molecule has 0 saturated carbocycles. The Morgan fingerprint density at radius 2 is 2.38 bits per heavy atom. The van der Waals surface area contributed by atoms with Crippen LogP contribution in [0.2, 0.25) is 0 Å². The van der Waals surface area contributed by atoms with E-state index in [1.54, 1.807) is 18.5 Å². The summed E-state index contributed by atoms with van der Waals surface area (Å²) in [5.41, 5.74) is 6.47. The zero-order chi connectivity index (χ0) is 15.1. The van der Waals surface area contributed by atoms with E-state index in [1.807, 2.05) is 19.1 Å². The molecule has 2 aromatic rings. The van der Waals surface area contributed by atoms with E-state index in [0.29, 0.717) is 17.5 Å². The van der Waals surface area contributed by atoms with Crippen LogP contribution >= 0.6 is 0 Å². The number of pyridine rings is 1. The Kier molecular flexibility index (Phi) is 5.13. The number of carbonyl (C=O) groups is 1. The summed E-state index contributed by atoms with van der Waals surface area (Å²) in [4.78, 5) is 16.2. The van der Waals surface area contributed by atoms with Gasteiger partial charge in [-0.15, -0.1) is 0 Å². The first kappa shape index (κ1) is 14.8. The van der Waals surface area contributed by atoms with Crippen LogP contribution in [0.1, 0.15) is 28.6 Å². The topological polar surface area (TPSA) is 81.2 Å². The number of carbonyl (C=O) groups excluding carboxylic acids is 1. The molecule has 3 N–H and O–H groups in total. The minimum Gasteiger partial charge on any atom is -0.469 e. The summed E-state index contributed by atoms with van der Waals surface area (Å²) in [6.45, 7) is 2.20. The van der Waals surface area contributed by atoms with Crippen LogP contribution in [0.15, 0.2) is 41.3 Å². The van der Waals surface area contributed by atoms with E-state index in [-0.39, 0.29) is 18.5 Å². The third-order valence-corrected chi connectivity index (χ3v) is 2.80. The number of nitrogens with zero attached hydrogens (tertiary/aromatic N) is 1. The smallest absolute Gasteiger partial charge is 0.253 e. The average molecular weight is 283 g/mol. The number of hydrogen-bond acceptors (Lipinski definition) is 4. The largest absolute Gasteiger partial charge is 0.469 e. The van der Waals surface area contributed by atoms with Crippen molar-refractivity contribution in [3.05, 3.63) is 53.7 Å². The van der Waals surface area contributed by atoms with Crippen molar-refractivity contribution in [3.63, 3.8) is 0 Å². The quantitative estimate of drug-likeness (QED) is 0.830. The second kappa shape index (κ2) is 7.27. The van der Waals surface area contributed by atoms with Gasteiger partial charge in [0.2, 0.25) is 0 Å². The van der Waals surface area contributed by atoms with E-state index in [1.165, 1.54) is 6.20 Å². The van der Waals surface area contributed by atoms with Crippen molar-refractivity contribution in [2.24, 2.45) is 5.73 Å². The Hall–Kier alpha value is -2.58. The van der Waals surface area contributed by atoms with Crippen LogP contribution < -0.4 is 11.1 Å². The van der Waals surface area contributed by atoms with Crippen molar-refractivity contribution < 1.29 is 9.21 Å². The van der Waals surface area contributed by atoms with E-state index in [0.717, 1.165) is 5.76 Å². The molecule has 1 atom stereocenters. The highest BCUT2D eigenvalue weighted by Gasteiger charge is 2.12. The SMILES string of the molecule is CC(Cc1ccco1)NC(=O)c1cncc(C#CCN)c1. The summed E-state index contributed by atoms with van der Waals surface area (Å²) in [6, 6.07) is 5.37. The van der Waals surface area contributed by atoms with Gasteiger partial charge in [-0.1, -0.05) is 11.8 Å². The third kappa shape index (κ3) is 4.48. The zero-order valence-corrected chi connectivity index (χ0v) is 11.8. The minimum absolute atomic E-state index is 0.0394. The molecule has 0 fully saturated rings. The maximum absolute atomic E-state index is 12.2. The number of rotatable bonds is 4. The molecule has 0 bridgehead atoms. The summed E-state index contributed by atoms with van der Waals surface area (Å²) in [5, 5.41) is 2.91. The first-order valence-electron chi connectivity index (χ1n) is 6.66. The number of furan rings is 1. The predicted octanol–water partition coefficient (Wildman–Crippen LogP) is 1.35. The normalized spacial score (nSPS) is 11.3. The number of nitrogens with two attached hydrogens (primary N) is 1. The van der Waals surface area contributed by atoms with Crippen molar-refractivity contribution in [2.75, 3.05) is 6.54 Å². The third-order valence-electron chi connectivity index (χ3n) is 2.80. The lowest BCUT2D eigenvalue weighted by molar-refractivity contribution is 0.0939. The van der Waals surface area contributed by atoms with Gasteiger partial charge in [-0.05, 0) is 25.1 Å². The van der Waals surface area contributed by atoms with Crippen LogP contribution in [0.4, 0.5) is 0 Å². The van der Waals surface area contributed by atoms with E-state index >= 15 is 0 Å². The van der Waals surface area contributed by atoms with Crippen LogP contribution in [-0.4, -0.2) is 23.5 Å². The van der Waals surface area contributed by atoms with Crippen molar-refractivity contribution >= 4 is 5.91 Å². The summed E-state index contributed by atoms with van der Waals surface area (Å²) < 4.78 is 5.26. The van der Waals surface area contributed by atoms with Crippen LogP contribution in [0, 0.1) is 11.8 Å². The van der Waals surface area contributed by atoms with E-state index in [4.69, 9.17) is 10.2 Å². The van der Waals surface area contributed by atoms with Crippen LogP contribution in [0.25, 0.3) is 0 Å². The molecule has 21 heavy (non-hydrogen) atoms. The van der Waals surface area contributed by atoms with Gasteiger partial charge in [0.1, 0.15) is 5.76 Å². The minimum atomic E-state index is -0.182. The van der Waals surface area contributed by atoms with Gasteiger partial charge in [-0.25, -0.2) is 0 Å². The number of amides is 1. The number of aromatic nitrogens is 1. The van der Waals surface area contributed by atoms with E-state index in [9.17, 15) is 4.79 Å². The molecule has 0 aliphatic carbocycles. The molecule has 5 nitrogen and oxygen atoms in total. The second-order valence-electron chi connectivity index (χ2n) is 4.63. The molecule has 5 heteroatoms. The maximum Gasteiger partial charge on any atom is 0.253 e. The van der Waals surface area contributed by atoms with Gasteiger partial charge in [0.15, 0.2) is 0 Å². The molecule has 1 unspecified atom stereocenters. The lowest BCUT2D eigenvalue weighted by Gasteiger charge is -2.12. The Labute approximate surface area is 123 Å². The molecular formula is C16H17N3O2.